The van der Waals surface area contributed by atoms with Gasteiger partial charge in [-0.2, -0.15) is 5.10 Å². The predicted octanol–water partition coefficient (Wildman–Crippen LogP) is 3.95. The third-order valence-electron chi connectivity index (χ3n) is 4.65. The first-order valence-electron chi connectivity index (χ1n) is 8.94. The lowest BCUT2D eigenvalue weighted by Crippen LogP contribution is -2.27. The summed E-state index contributed by atoms with van der Waals surface area (Å²) in [5, 5.41) is 16.7. The fourth-order valence-electron chi connectivity index (χ4n) is 3.35. The van der Waals surface area contributed by atoms with Gasteiger partial charge in [-0.25, -0.2) is 9.31 Å². The van der Waals surface area contributed by atoms with Crippen molar-refractivity contribution in [1.82, 2.24) is 9.61 Å². The highest BCUT2D eigenvalue weighted by Crippen LogP contribution is 2.35. The number of aromatic nitrogens is 2. The SMILES string of the molecule is CC(C)(C)OC(=O)Nc1ccn2nc(C3CCC(CO)CC3)cc2c1. The van der Waals surface area contributed by atoms with Gasteiger partial charge in [0.25, 0.3) is 0 Å². The van der Waals surface area contributed by atoms with E-state index in [9.17, 15) is 9.90 Å². The molecule has 0 radical (unpaired) electrons. The van der Waals surface area contributed by atoms with E-state index in [1.807, 2.05) is 43.6 Å². The average Bonchev–Trinajstić information content (AvgIpc) is 2.96. The summed E-state index contributed by atoms with van der Waals surface area (Å²) < 4.78 is 7.12. The van der Waals surface area contributed by atoms with E-state index in [0.29, 0.717) is 17.5 Å². The minimum absolute atomic E-state index is 0.289. The van der Waals surface area contributed by atoms with Crippen molar-refractivity contribution in [2.24, 2.45) is 5.92 Å². The molecule has 2 heterocycles. The van der Waals surface area contributed by atoms with E-state index in [1.54, 1.807) is 0 Å². The smallest absolute Gasteiger partial charge is 0.412 e. The van der Waals surface area contributed by atoms with Crippen LogP contribution in [0.1, 0.15) is 58.1 Å². The number of nitrogens with zero attached hydrogens (tertiary/aromatic N) is 2. The number of aliphatic hydroxyl groups is 1. The van der Waals surface area contributed by atoms with Crippen LogP contribution in [-0.2, 0) is 4.74 Å². The maximum atomic E-state index is 11.9. The van der Waals surface area contributed by atoms with Gasteiger partial charge in [-0.1, -0.05) is 0 Å². The highest BCUT2D eigenvalue weighted by atomic mass is 16.6. The lowest BCUT2D eigenvalue weighted by Gasteiger charge is -2.25. The maximum absolute atomic E-state index is 11.9. The van der Waals surface area contributed by atoms with E-state index in [-0.39, 0.29) is 6.61 Å². The van der Waals surface area contributed by atoms with Gasteiger partial charge in [0.05, 0.1) is 11.2 Å². The fourth-order valence-corrected chi connectivity index (χ4v) is 3.35. The molecule has 0 unspecified atom stereocenters. The molecule has 2 aromatic rings. The zero-order valence-electron chi connectivity index (χ0n) is 15.2. The molecule has 1 aliphatic carbocycles. The second kappa shape index (κ2) is 7.04. The van der Waals surface area contributed by atoms with Crippen molar-refractivity contribution in [1.29, 1.82) is 0 Å². The molecule has 1 saturated carbocycles. The van der Waals surface area contributed by atoms with Crippen LogP contribution in [0.4, 0.5) is 10.5 Å². The summed E-state index contributed by atoms with van der Waals surface area (Å²) in [6.07, 6.45) is 5.64. The van der Waals surface area contributed by atoms with Gasteiger partial charge in [0, 0.05) is 24.4 Å². The Balaban J connectivity index is 1.70. The first kappa shape index (κ1) is 17.7. The number of ether oxygens (including phenoxy) is 1. The van der Waals surface area contributed by atoms with E-state index in [4.69, 9.17) is 4.74 Å². The third kappa shape index (κ3) is 4.51. The molecule has 3 rings (SSSR count). The molecular weight excluding hydrogens is 318 g/mol. The largest absolute Gasteiger partial charge is 0.444 e. The van der Waals surface area contributed by atoms with Crippen LogP contribution < -0.4 is 5.32 Å². The van der Waals surface area contributed by atoms with Crippen molar-refractivity contribution in [3.05, 3.63) is 30.1 Å². The Hall–Kier alpha value is -2.08. The fraction of sp³-hybridized carbons (Fsp3) is 0.579. The Kier molecular flexibility index (Phi) is 4.99. The summed E-state index contributed by atoms with van der Waals surface area (Å²) in [5.74, 6) is 0.892. The molecule has 1 aliphatic rings. The number of carbonyl (C=O) groups excluding carboxylic acids is 1. The number of fused-ring (bicyclic) bond motifs is 1. The van der Waals surface area contributed by atoms with Crippen LogP contribution in [0.15, 0.2) is 24.4 Å². The molecule has 0 aromatic carbocycles. The van der Waals surface area contributed by atoms with Crippen molar-refractivity contribution in [2.75, 3.05) is 11.9 Å². The van der Waals surface area contributed by atoms with Crippen molar-refractivity contribution in [3.8, 4) is 0 Å². The second-order valence-electron chi connectivity index (χ2n) is 7.88. The van der Waals surface area contributed by atoms with Crippen LogP contribution in [0.2, 0.25) is 0 Å². The van der Waals surface area contributed by atoms with Crippen LogP contribution in [0, 0.1) is 5.92 Å². The predicted molar refractivity (Wildman–Crippen MR) is 96.8 cm³/mol. The van der Waals surface area contributed by atoms with Gasteiger partial charge in [0.15, 0.2) is 0 Å². The standard InChI is InChI=1S/C19H27N3O3/c1-19(2,3)25-18(24)20-15-8-9-22-16(10-15)11-17(21-22)14-6-4-13(12-23)5-7-14/h8-11,13-14,23H,4-7,12H2,1-3H3,(H,20,24). The molecule has 136 valence electrons. The molecule has 2 aromatic heterocycles. The summed E-state index contributed by atoms with van der Waals surface area (Å²) in [5.41, 5.74) is 2.21. The first-order valence-corrected chi connectivity index (χ1v) is 8.94. The number of aliphatic hydroxyl groups excluding tert-OH is 1. The maximum Gasteiger partial charge on any atom is 0.412 e. The van der Waals surface area contributed by atoms with Gasteiger partial charge < -0.3 is 9.84 Å². The highest BCUT2D eigenvalue weighted by Gasteiger charge is 2.24. The van der Waals surface area contributed by atoms with Crippen LogP contribution in [-0.4, -0.2) is 33.0 Å². The zero-order chi connectivity index (χ0) is 18.0. The van der Waals surface area contributed by atoms with E-state index >= 15 is 0 Å². The summed E-state index contributed by atoms with van der Waals surface area (Å²) >= 11 is 0. The number of hydrogen-bond donors (Lipinski definition) is 2. The van der Waals surface area contributed by atoms with Gasteiger partial charge in [-0.15, -0.1) is 0 Å². The van der Waals surface area contributed by atoms with E-state index < -0.39 is 11.7 Å². The van der Waals surface area contributed by atoms with Gasteiger partial charge in [-0.05, 0) is 70.6 Å². The number of nitrogens with one attached hydrogen (secondary N) is 1. The Morgan fingerprint density at radius 2 is 2.04 bits per heavy atom. The number of pyridine rings is 1. The van der Waals surface area contributed by atoms with Crippen molar-refractivity contribution < 1.29 is 14.6 Å². The molecule has 6 heteroatoms. The third-order valence-corrected chi connectivity index (χ3v) is 4.65. The van der Waals surface area contributed by atoms with E-state index in [1.165, 1.54) is 0 Å². The van der Waals surface area contributed by atoms with Crippen molar-refractivity contribution in [2.45, 2.75) is 58.0 Å². The Morgan fingerprint density at radius 3 is 2.68 bits per heavy atom. The van der Waals surface area contributed by atoms with Crippen molar-refractivity contribution in [3.63, 3.8) is 0 Å². The number of hydrogen-bond acceptors (Lipinski definition) is 4. The monoisotopic (exact) mass is 345 g/mol. The molecule has 0 saturated heterocycles. The molecule has 0 atom stereocenters. The lowest BCUT2D eigenvalue weighted by atomic mass is 9.81. The topological polar surface area (TPSA) is 75.9 Å². The molecule has 1 fully saturated rings. The first-order chi connectivity index (χ1) is 11.8. The quantitative estimate of drug-likeness (QED) is 0.883. The second-order valence-corrected chi connectivity index (χ2v) is 7.88. The van der Waals surface area contributed by atoms with Crippen LogP contribution in [0.5, 0.6) is 0 Å². The molecule has 1 amide bonds. The van der Waals surface area contributed by atoms with E-state index in [2.05, 4.69) is 16.5 Å². The van der Waals surface area contributed by atoms with Gasteiger partial charge in [0.1, 0.15) is 5.60 Å². The van der Waals surface area contributed by atoms with Crippen LogP contribution in [0.3, 0.4) is 0 Å². The number of carbonyl (C=O) groups is 1. The Bertz CT molecular complexity index is 740. The molecule has 25 heavy (non-hydrogen) atoms. The number of anilines is 1. The molecular formula is C19H27N3O3. The van der Waals surface area contributed by atoms with Gasteiger partial charge >= 0.3 is 6.09 Å². The summed E-state index contributed by atoms with van der Waals surface area (Å²) in [4.78, 5) is 11.9. The van der Waals surface area contributed by atoms with Gasteiger partial charge in [-0.3, -0.25) is 5.32 Å². The van der Waals surface area contributed by atoms with E-state index in [0.717, 1.165) is 36.9 Å². The minimum Gasteiger partial charge on any atom is -0.444 e. The molecule has 2 N–H and O–H groups in total. The van der Waals surface area contributed by atoms with Gasteiger partial charge in [0.2, 0.25) is 0 Å². The number of amides is 1. The highest BCUT2D eigenvalue weighted by molar-refractivity contribution is 5.85. The van der Waals surface area contributed by atoms with Crippen LogP contribution in [0.25, 0.3) is 5.52 Å². The van der Waals surface area contributed by atoms with Crippen molar-refractivity contribution >= 4 is 17.3 Å². The minimum atomic E-state index is -0.522. The molecule has 0 spiro atoms. The molecule has 0 aliphatic heterocycles. The zero-order valence-corrected chi connectivity index (χ0v) is 15.2. The summed E-state index contributed by atoms with van der Waals surface area (Å²) in [7, 11) is 0. The van der Waals surface area contributed by atoms with Crippen LogP contribution >= 0.6 is 0 Å². The average molecular weight is 345 g/mol. The Labute approximate surface area is 148 Å². The molecule has 6 nitrogen and oxygen atoms in total. The number of rotatable bonds is 3. The Morgan fingerprint density at radius 1 is 1.32 bits per heavy atom. The molecule has 0 bridgehead atoms. The summed E-state index contributed by atoms with van der Waals surface area (Å²) in [6, 6.07) is 5.81. The summed E-state index contributed by atoms with van der Waals surface area (Å²) in [6.45, 7) is 5.80. The normalized spacial score (nSPS) is 21.3. The lowest BCUT2D eigenvalue weighted by molar-refractivity contribution is 0.0636.